The first kappa shape index (κ1) is 23.3. The van der Waals surface area contributed by atoms with Crippen LogP contribution in [0.15, 0.2) is 29.6 Å². The van der Waals surface area contributed by atoms with Gasteiger partial charge in [0.05, 0.1) is 28.5 Å². The van der Waals surface area contributed by atoms with Crippen LogP contribution in [0, 0.1) is 11.6 Å². The molecule has 1 unspecified atom stereocenters. The minimum atomic E-state index is -1.56. The van der Waals surface area contributed by atoms with Gasteiger partial charge in [0.25, 0.3) is 0 Å². The van der Waals surface area contributed by atoms with Gasteiger partial charge >= 0.3 is 0 Å². The lowest BCUT2D eigenvalue weighted by atomic mass is 10.0. The van der Waals surface area contributed by atoms with E-state index in [0.717, 1.165) is 12.1 Å². The van der Waals surface area contributed by atoms with Crippen molar-refractivity contribution in [2.75, 3.05) is 28.9 Å². The molecule has 0 aliphatic heterocycles. The van der Waals surface area contributed by atoms with E-state index in [1.165, 1.54) is 18.9 Å². The number of halogens is 2. The summed E-state index contributed by atoms with van der Waals surface area (Å²) in [5.41, 5.74) is 4.59. The molecule has 2 aromatic heterocycles. The fourth-order valence-electron chi connectivity index (χ4n) is 3.06. The average Bonchev–Trinajstić information content (AvgIpc) is 3.21. The van der Waals surface area contributed by atoms with E-state index in [1.807, 2.05) is 6.92 Å². The molecule has 3 aromatic rings. The third kappa shape index (κ3) is 5.07. The number of H-pyrrole nitrogens is 1. The Kier molecular flexibility index (Phi) is 7.82. The molecule has 9 nitrogen and oxygen atoms in total. The van der Waals surface area contributed by atoms with E-state index >= 15 is 4.39 Å². The van der Waals surface area contributed by atoms with Crippen LogP contribution in [0.3, 0.4) is 0 Å². The van der Waals surface area contributed by atoms with Crippen LogP contribution in [0.1, 0.15) is 35.7 Å². The zero-order valence-electron chi connectivity index (χ0n) is 17.3. The van der Waals surface area contributed by atoms with E-state index in [2.05, 4.69) is 30.0 Å². The summed E-state index contributed by atoms with van der Waals surface area (Å²) in [5, 5.41) is 3.39. The van der Waals surface area contributed by atoms with Gasteiger partial charge < -0.3 is 20.8 Å². The summed E-state index contributed by atoms with van der Waals surface area (Å²) in [6.07, 6.45) is 5.12. The van der Waals surface area contributed by atoms with Gasteiger partial charge in [0.2, 0.25) is 5.78 Å². The Morgan fingerprint density at radius 1 is 1.34 bits per heavy atom. The van der Waals surface area contributed by atoms with Gasteiger partial charge in [-0.1, -0.05) is 6.92 Å². The van der Waals surface area contributed by atoms with E-state index in [1.54, 1.807) is 0 Å². The summed E-state index contributed by atoms with van der Waals surface area (Å²) in [6, 6.07) is 2.08. The number of hydrogen-bond acceptors (Lipinski definition) is 6. The van der Waals surface area contributed by atoms with E-state index in [4.69, 9.17) is 5.73 Å². The lowest BCUT2D eigenvalue weighted by Gasteiger charge is -2.11. The van der Waals surface area contributed by atoms with Crippen molar-refractivity contribution < 1.29 is 17.8 Å². The summed E-state index contributed by atoms with van der Waals surface area (Å²) in [6.45, 7) is 2.81. The van der Waals surface area contributed by atoms with Crippen LogP contribution in [-0.4, -0.2) is 50.1 Å². The molecule has 0 radical (unpaired) electrons. The van der Waals surface area contributed by atoms with Gasteiger partial charge in [-0.15, -0.1) is 0 Å². The first-order valence-corrected chi connectivity index (χ1v) is 11.2. The average molecular weight is 464 g/mol. The Morgan fingerprint density at radius 2 is 2.16 bits per heavy atom. The zero-order valence-corrected chi connectivity index (χ0v) is 18.1. The topological polar surface area (TPSA) is 138 Å². The molecule has 1 aromatic carbocycles. The molecule has 0 bridgehead atoms. The number of carbonyl (C=O) groups excluding carboxylic acids is 1. The highest BCUT2D eigenvalue weighted by Crippen LogP contribution is 2.29. The number of anilines is 2. The lowest BCUT2D eigenvalue weighted by Crippen LogP contribution is -2.14. The Labute approximate surface area is 185 Å². The van der Waals surface area contributed by atoms with Gasteiger partial charge in [-0.05, 0) is 25.0 Å². The van der Waals surface area contributed by atoms with Gasteiger partial charge in [0.15, 0.2) is 5.82 Å². The van der Waals surface area contributed by atoms with Crippen molar-refractivity contribution in [1.82, 2.24) is 15.0 Å². The van der Waals surface area contributed by atoms with Crippen molar-refractivity contribution in [3.05, 3.63) is 47.4 Å². The molecule has 0 aliphatic rings. The lowest BCUT2D eigenvalue weighted by molar-refractivity contribution is 0.103. The summed E-state index contributed by atoms with van der Waals surface area (Å²) < 4.78 is 44.0. The third-order valence-corrected chi connectivity index (χ3v) is 5.73. The molecule has 0 spiro atoms. The van der Waals surface area contributed by atoms with Crippen LogP contribution in [0.5, 0.6) is 0 Å². The maximum absolute atomic E-state index is 15.1. The molecular weight excluding hydrogens is 440 g/mol. The van der Waals surface area contributed by atoms with Gasteiger partial charge in [-0.3, -0.25) is 9.79 Å². The van der Waals surface area contributed by atoms with Crippen molar-refractivity contribution >= 4 is 45.6 Å². The summed E-state index contributed by atoms with van der Waals surface area (Å²) in [4.78, 5) is 28.2. The Balaban J connectivity index is 1.95. The standard InChI is InChI=1S/C20H23F2N7O2S/c1-2-8-32(31)29-14-5-4-13(21)16(17(14)22)18(30)12-9-26-20-15(12)19(27-11-28-20)25-7-3-6-24-10-23/h4-5,9-11,29H,2-3,6-8H2,1H3,(H2,23,24)(H2,25,26,27,28). The first-order valence-electron chi connectivity index (χ1n) is 9.91. The molecular formula is C20H23F2N7O2S. The molecule has 0 fully saturated rings. The van der Waals surface area contributed by atoms with Crippen LogP contribution in [0.4, 0.5) is 20.3 Å². The van der Waals surface area contributed by atoms with Gasteiger partial charge in [0, 0.05) is 25.0 Å². The number of nitrogens with zero attached hydrogens (tertiary/aromatic N) is 3. The van der Waals surface area contributed by atoms with Crippen molar-refractivity contribution in [2.45, 2.75) is 19.8 Å². The van der Waals surface area contributed by atoms with Gasteiger partial charge in [0.1, 0.15) is 34.6 Å². The molecule has 0 amide bonds. The van der Waals surface area contributed by atoms with Crippen LogP contribution in [-0.2, 0) is 11.0 Å². The molecule has 3 rings (SSSR count). The highest BCUT2D eigenvalue weighted by molar-refractivity contribution is 7.86. The minimum absolute atomic E-state index is 0.00714. The Bertz CT molecular complexity index is 1170. The second kappa shape index (κ2) is 10.8. The molecule has 0 saturated heterocycles. The number of aromatic amines is 1. The smallest absolute Gasteiger partial charge is 0.201 e. The monoisotopic (exact) mass is 463 g/mol. The fourth-order valence-corrected chi connectivity index (χ4v) is 3.94. The third-order valence-electron chi connectivity index (χ3n) is 4.51. The number of benzene rings is 1. The number of rotatable bonds is 11. The predicted octanol–water partition coefficient (Wildman–Crippen LogP) is 2.74. The summed E-state index contributed by atoms with van der Waals surface area (Å²) in [5.74, 6) is -2.40. The molecule has 2 heterocycles. The molecule has 32 heavy (non-hydrogen) atoms. The predicted molar refractivity (Wildman–Crippen MR) is 121 cm³/mol. The number of ketones is 1. The summed E-state index contributed by atoms with van der Waals surface area (Å²) in [7, 11) is -1.56. The van der Waals surface area contributed by atoms with Crippen LogP contribution in [0.2, 0.25) is 0 Å². The summed E-state index contributed by atoms with van der Waals surface area (Å²) >= 11 is 0. The van der Waals surface area contributed by atoms with Crippen molar-refractivity contribution in [3.8, 4) is 0 Å². The van der Waals surface area contributed by atoms with Crippen molar-refractivity contribution in [1.29, 1.82) is 0 Å². The molecule has 0 aliphatic carbocycles. The molecule has 12 heteroatoms. The van der Waals surface area contributed by atoms with Crippen molar-refractivity contribution in [2.24, 2.45) is 10.7 Å². The first-order chi connectivity index (χ1) is 15.5. The number of nitrogens with one attached hydrogen (secondary N) is 3. The molecule has 1 atom stereocenters. The largest absolute Gasteiger partial charge is 0.390 e. The minimum Gasteiger partial charge on any atom is -0.390 e. The molecule has 0 saturated carbocycles. The van der Waals surface area contributed by atoms with E-state index in [9.17, 15) is 13.4 Å². The number of fused-ring (bicyclic) bond motifs is 1. The van der Waals surface area contributed by atoms with Gasteiger partial charge in [-0.25, -0.2) is 23.0 Å². The molecule has 170 valence electrons. The second-order valence-electron chi connectivity index (χ2n) is 6.75. The maximum Gasteiger partial charge on any atom is 0.201 e. The number of nitrogens with two attached hydrogens (primary N) is 1. The van der Waals surface area contributed by atoms with E-state index in [-0.39, 0.29) is 17.0 Å². The van der Waals surface area contributed by atoms with Crippen LogP contribution in [0.25, 0.3) is 11.0 Å². The Hall–Kier alpha value is -3.41. The number of aliphatic imine (C=N–C) groups is 1. The SMILES string of the molecule is CCCS(=O)Nc1ccc(F)c(C(=O)c2c[nH]c3ncnc(NCCCN=CN)c23)c1F. The number of carbonyl (C=O) groups is 1. The fraction of sp³-hybridized carbons (Fsp3) is 0.300. The van der Waals surface area contributed by atoms with Crippen LogP contribution >= 0.6 is 0 Å². The number of hydrogen-bond donors (Lipinski definition) is 4. The van der Waals surface area contributed by atoms with E-state index < -0.39 is 34.0 Å². The van der Waals surface area contributed by atoms with Gasteiger partial charge in [-0.2, -0.15) is 0 Å². The maximum atomic E-state index is 15.1. The van der Waals surface area contributed by atoms with Crippen LogP contribution < -0.4 is 15.8 Å². The number of aromatic nitrogens is 3. The quantitative estimate of drug-likeness (QED) is 0.149. The highest BCUT2D eigenvalue weighted by atomic mass is 32.2. The highest BCUT2D eigenvalue weighted by Gasteiger charge is 2.26. The van der Waals surface area contributed by atoms with E-state index in [0.29, 0.717) is 42.8 Å². The second-order valence-corrected chi connectivity index (χ2v) is 8.05. The molecule has 5 N–H and O–H groups in total. The van der Waals surface area contributed by atoms with Crippen molar-refractivity contribution in [3.63, 3.8) is 0 Å². The Morgan fingerprint density at radius 3 is 2.91 bits per heavy atom. The normalized spacial score (nSPS) is 12.3. The zero-order chi connectivity index (χ0) is 23.1.